The van der Waals surface area contributed by atoms with Crippen molar-refractivity contribution in [3.63, 3.8) is 0 Å². The van der Waals surface area contributed by atoms with Crippen molar-refractivity contribution in [2.45, 2.75) is 0 Å². The van der Waals surface area contributed by atoms with E-state index in [1.807, 2.05) is 6.07 Å². The molecule has 0 bridgehead atoms. The Bertz CT molecular complexity index is 2840. The van der Waals surface area contributed by atoms with E-state index in [-0.39, 0.29) is 0 Å². The molecule has 9 aromatic carbocycles. The standard InChI is InChI=1S/C50H32O/c1-3-15-34(16-4-1)49-45-29-28-38(32-46(45)51-50(49)35-17-5-2-6-18-35)37-20-13-21-39(31-37)47-41-22-9-11-24-43(41)48(44-25-12-10-23-42(44)47)40-27-26-33-14-7-8-19-36(33)30-40/h1-32H. The Labute approximate surface area is 296 Å². The van der Waals surface area contributed by atoms with E-state index in [2.05, 4.69) is 188 Å². The molecule has 1 heteroatoms. The first-order chi connectivity index (χ1) is 25.3. The van der Waals surface area contributed by atoms with Gasteiger partial charge in [-0.15, -0.1) is 0 Å². The third-order valence-corrected chi connectivity index (χ3v) is 10.2. The van der Waals surface area contributed by atoms with Gasteiger partial charge >= 0.3 is 0 Å². The van der Waals surface area contributed by atoms with Gasteiger partial charge < -0.3 is 4.42 Å². The molecule has 51 heavy (non-hydrogen) atoms. The molecule has 0 saturated carbocycles. The third kappa shape index (κ3) is 4.94. The minimum atomic E-state index is 0.881. The van der Waals surface area contributed by atoms with Gasteiger partial charge in [0.05, 0.1) is 0 Å². The lowest BCUT2D eigenvalue weighted by atomic mass is 9.85. The zero-order chi connectivity index (χ0) is 33.7. The molecule has 1 aromatic heterocycles. The summed E-state index contributed by atoms with van der Waals surface area (Å²) in [6.07, 6.45) is 0. The molecule has 10 rings (SSSR count). The van der Waals surface area contributed by atoms with Gasteiger partial charge in [-0.1, -0.05) is 170 Å². The van der Waals surface area contributed by atoms with Crippen LogP contribution in [0.1, 0.15) is 0 Å². The molecule has 0 fully saturated rings. The number of hydrogen-bond acceptors (Lipinski definition) is 1. The predicted octanol–water partition coefficient (Wildman–Crippen LogP) is 14.2. The van der Waals surface area contributed by atoms with E-state index < -0.39 is 0 Å². The van der Waals surface area contributed by atoms with Crippen molar-refractivity contribution in [3.05, 3.63) is 194 Å². The summed E-state index contributed by atoms with van der Waals surface area (Å²) in [6, 6.07) is 69.8. The van der Waals surface area contributed by atoms with E-state index in [4.69, 9.17) is 4.42 Å². The van der Waals surface area contributed by atoms with Crippen LogP contribution in [0.3, 0.4) is 0 Å². The maximum Gasteiger partial charge on any atom is 0.143 e. The van der Waals surface area contributed by atoms with Crippen molar-refractivity contribution in [1.29, 1.82) is 0 Å². The van der Waals surface area contributed by atoms with Crippen molar-refractivity contribution >= 4 is 43.3 Å². The number of rotatable bonds is 5. The van der Waals surface area contributed by atoms with E-state index in [1.54, 1.807) is 0 Å². The zero-order valence-electron chi connectivity index (χ0n) is 27.9. The summed E-state index contributed by atoms with van der Waals surface area (Å²) in [6.45, 7) is 0. The molecule has 0 atom stereocenters. The van der Waals surface area contributed by atoms with E-state index >= 15 is 0 Å². The molecule has 0 unspecified atom stereocenters. The van der Waals surface area contributed by atoms with Crippen LogP contribution in [0.2, 0.25) is 0 Å². The van der Waals surface area contributed by atoms with Gasteiger partial charge in [0.1, 0.15) is 11.3 Å². The molecular weight excluding hydrogens is 617 g/mol. The van der Waals surface area contributed by atoms with Gasteiger partial charge in [-0.05, 0) is 95.5 Å². The van der Waals surface area contributed by atoms with E-state index in [0.717, 1.165) is 44.5 Å². The first kappa shape index (κ1) is 29.2. The van der Waals surface area contributed by atoms with Crippen LogP contribution in [-0.2, 0) is 0 Å². The highest BCUT2D eigenvalue weighted by molar-refractivity contribution is 6.22. The summed E-state index contributed by atoms with van der Waals surface area (Å²) < 4.78 is 6.71. The minimum Gasteiger partial charge on any atom is -0.455 e. The van der Waals surface area contributed by atoms with Gasteiger partial charge in [-0.25, -0.2) is 0 Å². The van der Waals surface area contributed by atoms with Gasteiger partial charge in [0.15, 0.2) is 0 Å². The van der Waals surface area contributed by atoms with Crippen molar-refractivity contribution in [2.24, 2.45) is 0 Å². The summed E-state index contributed by atoms with van der Waals surface area (Å²) in [5, 5.41) is 8.62. The average Bonchev–Trinajstić information content (AvgIpc) is 3.59. The van der Waals surface area contributed by atoms with Crippen LogP contribution < -0.4 is 0 Å². The quantitative estimate of drug-likeness (QED) is 0.169. The van der Waals surface area contributed by atoms with E-state index in [1.165, 1.54) is 54.6 Å². The number of benzene rings is 9. The third-order valence-electron chi connectivity index (χ3n) is 10.2. The van der Waals surface area contributed by atoms with Gasteiger partial charge in [-0.3, -0.25) is 0 Å². The van der Waals surface area contributed by atoms with Crippen LogP contribution in [0.15, 0.2) is 199 Å². The maximum atomic E-state index is 6.71. The van der Waals surface area contributed by atoms with Crippen molar-refractivity contribution in [2.75, 3.05) is 0 Å². The van der Waals surface area contributed by atoms with Gasteiger partial charge in [0.25, 0.3) is 0 Å². The first-order valence-corrected chi connectivity index (χ1v) is 17.5. The smallest absolute Gasteiger partial charge is 0.143 e. The van der Waals surface area contributed by atoms with Crippen LogP contribution in [0.4, 0.5) is 0 Å². The lowest BCUT2D eigenvalue weighted by molar-refractivity contribution is 0.632. The maximum absolute atomic E-state index is 6.71. The zero-order valence-corrected chi connectivity index (χ0v) is 27.9. The molecule has 1 nitrogen and oxygen atoms in total. The lowest BCUT2D eigenvalue weighted by Gasteiger charge is -2.18. The molecule has 0 amide bonds. The number of hydrogen-bond donors (Lipinski definition) is 0. The molecule has 238 valence electrons. The molecule has 0 N–H and O–H groups in total. The summed E-state index contributed by atoms with van der Waals surface area (Å²) in [4.78, 5) is 0. The van der Waals surface area contributed by atoms with Crippen LogP contribution in [0.5, 0.6) is 0 Å². The predicted molar refractivity (Wildman–Crippen MR) is 216 cm³/mol. The normalized spacial score (nSPS) is 11.5. The van der Waals surface area contributed by atoms with Crippen LogP contribution in [-0.4, -0.2) is 0 Å². The Morgan fingerprint density at radius 3 is 1.41 bits per heavy atom. The molecular formula is C50H32O. The highest BCUT2D eigenvalue weighted by Gasteiger charge is 2.20. The molecule has 0 aliphatic heterocycles. The molecule has 10 aromatic rings. The van der Waals surface area contributed by atoms with Gasteiger partial charge in [0, 0.05) is 16.5 Å². The number of fused-ring (bicyclic) bond motifs is 4. The summed E-state index contributed by atoms with van der Waals surface area (Å²) >= 11 is 0. The van der Waals surface area contributed by atoms with E-state index in [9.17, 15) is 0 Å². The SMILES string of the molecule is c1ccc(-c2oc3cc(-c4cccc(-c5c6ccccc6c(-c6ccc7ccccc7c6)c6ccccc56)c4)ccc3c2-c2ccccc2)cc1. The Balaban J connectivity index is 1.15. The van der Waals surface area contributed by atoms with Crippen molar-refractivity contribution in [3.8, 4) is 55.8 Å². The fourth-order valence-electron chi connectivity index (χ4n) is 7.91. The fourth-order valence-corrected chi connectivity index (χ4v) is 7.91. The second-order valence-electron chi connectivity index (χ2n) is 13.2. The van der Waals surface area contributed by atoms with Crippen LogP contribution in [0, 0.1) is 0 Å². The largest absolute Gasteiger partial charge is 0.455 e. The number of furan rings is 1. The summed E-state index contributed by atoms with van der Waals surface area (Å²) in [5.41, 5.74) is 11.5. The Morgan fingerprint density at radius 1 is 0.255 bits per heavy atom. The summed E-state index contributed by atoms with van der Waals surface area (Å²) in [7, 11) is 0. The topological polar surface area (TPSA) is 13.1 Å². The molecule has 0 spiro atoms. The fraction of sp³-hybridized carbons (Fsp3) is 0. The van der Waals surface area contributed by atoms with Gasteiger partial charge in [-0.2, -0.15) is 0 Å². The monoisotopic (exact) mass is 648 g/mol. The molecule has 0 aliphatic rings. The highest BCUT2D eigenvalue weighted by atomic mass is 16.3. The van der Waals surface area contributed by atoms with E-state index in [0.29, 0.717) is 0 Å². The molecule has 1 heterocycles. The Kier molecular flexibility index (Phi) is 6.89. The Morgan fingerprint density at radius 2 is 0.745 bits per heavy atom. The minimum absolute atomic E-state index is 0.881. The Hall–Kier alpha value is -6.70. The molecule has 0 saturated heterocycles. The molecule has 0 aliphatic carbocycles. The van der Waals surface area contributed by atoms with Crippen LogP contribution >= 0.6 is 0 Å². The lowest BCUT2D eigenvalue weighted by Crippen LogP contribution is -1.91. The van der Waals surface area contributed by atoms with Crippen molar-refractivity contribution < 1.29 is 4.42 Å². The highest BCUT2D eigenvalue weighted by Crippen LogP contribution is 2.46. The second-order valence-corrected chi connectivity index (χ2v) is 13.2. The first-order valence-electron chi connectivity index (χ1n) is 17.5. The summed E-state index contributed by atoms with van der Waals surface area (Å²) in [5.74, 6) is 0.896. The van der Waals surface area contributed by atoms with Crippen molar-refractivity contribution in [1.82, 2.24) is 0 Å². The van der Waals surface area contributed by atoms with Crippen LogP contribution in [0.25, 0.3) is 99.1 Å². The average molecular weight is 649 g/mol. The van der Waals surface area contributed by atoms with Gasteiger partial charge in [0.2, 0.25) is 0 Å². The second kappa shape index (κ2) is 12.0. The molecule has 0 radical (unpaired) electrons.